The van der Waals surface area contributed by atoms with Gasteiger partial charge in [0.05, 0.1) is 11.3 Å². The number of para-hydroxylation sites is 1. The Labute approximate surface area is 256 Å². The van der Waals surface area contributed by atoms with E-state index in [9.17, 15) is 37.8 Å². The molecular weight excluding hydrogens is 597 g/mol. The van der Waals surface area contributed by atoms with Gasteiger partial charge in [0.25, 0.3) is 5.91 Å². The molecule has 0 aromatic heterocycles. The van der Waals surface area contributed by atoms with Gasteiger partial charge in [0.15, 0.2) is 5.78 Å². The number of rotatable bonds is 5. The Morgan fingerprint density at radius 3 is 2.31 bits per heavy atom. The number of carbonyl (C=O) groups excluding carboxylic acids is 2. The highest BCUT2D eigenvalue weighted by atomic mass is 19.4. The van der Waals surface area contributed by atoms with Gasteiger partial charge in [-0.15, -0.1) is 0 Å². The molecule has 11 heteroatoms. The average Bonchev–Trinajstić information content (AvgIpc) is 3.27. The van der Waals surface area contributed by atoms with Crippen molar-refractivity contribution in [2.75, 3.05) is 5.32 Å². The minimum absolute atomic E-state index is 0.00936. The van der Waals surface area contributed by atoms with Gasteiger partial charge in [-0.3, -0.25) is 9.59 Å². The second-order valence-corrected chi connectivity index (χ2v) is 12.9. The molecule has 0 saturated heterocycles. The number of ketones is 1. The molecular formula is C34H32F5NO5. The fourth-order valence-corrected chi connectivity index (χ4v) is 8.55. The summed E-state index contributed by atoms with van der Waals surface area (Å²) < 4.78 is 71.7. The Morgan fingerprint density at radius 2 is 1.64 bits per heavy atom. The number of hydrogen-bond donors (Lipinski definition) is 3. The smallest absolute Gasteiger partial charge is 0.456 e. The zero-order valence-electron chi connectivity index (χ0n) is 24.4. The lowest BCUT2D eigenvalue weighted by atomic mass is 9.50. The number of carbonyl (C=O) groups is 3. The van der Waals surface area contributed by atoms with Crippen molar-refractivity contribution in [3.63, 3.8) is 0 Å². The molecule has 1 amide bonds. The molecule has 2 aromatic carbocycles. The fraction of sp³-hybridized carbons (Fsp3) is 0.441. The van der Waals surface area contributed by atoms with E-state index in [4.69, 9.17) is 0 Å². The number of allylic oxidation sites excluding steroid dienone is 4. The molecule has 0 heterocycles. The van der Waals surface area contributed by atoms with Crippen molar-refractivity contribution in [3.8, 4) is 0 Å². The first-order chi connectivity index (χ1) is 21.1. The summed E-state index contributed by atoms with van der Waals surface area (Å²) in [6, 6.07) is 12.1. The van der Waals surface area contributed by atoms with Crippen LogP contribution in [0.2, 0.25) is 0 Å². The molecule has 6 nitrogen and oxygen atoms in total. The van der Waals surface area contributed by atoms with Gasteiger partial charge in [0, 0.05) is 23.3 Å². The van der Waals surface area contributed by atoms with E-state index >= 15 is 8.78 Å². The van der Waals surface area contributed by atoms with E-state index in [1.807, 2.05) is 0 Å². The summed E-state index contributed by atoms with van der Waals surface area (Å²) >= 11 is 0. The van der Waals surface area contributed by atoms with Gasteiger partial charge in [0.1, 0.15) is 5.60 Å². The number of aromatic carboxylic acids is 1. The molecule has 3 N–H and O–H groups in total. The molecule has 0 bridgehead atoms. The quantitative estimate of drug-likeness (QED) is 0.298. The number of alkyl halides is 5. The van der Waals surface area contributed by atoms with Crippen molar-refractivity contribution in [3.05, 3.63) is 88.0 Å². The Bertz CT molecular complexity index is 1640. The first-order valence-corrected chi connectivity index (χ1v) is 15.0. The SMILES string of the molecule is C[C@]12C[C@H](c3ccc(C(=O)Nc4ccccc4C(=O)O)cc3)C3=C4CCC(=O)C=C4CCC3[C@@H]1CC[C@@]2(O)C(F)(F)C(F)(F)F. The van der Waals surface area contributed by atoms with Crippen LogP contribution in [0.1, 0.15) is 84.1 Å². The molecule has 5 atom stereocenters. The molecule has 2 aromatic rings. The maximum absolute atomic E-state index is 15.2. The van der Waals surface area contributed by atoms with Gasteiger partial charge in [-0.25, -0.2) is 4.79 Å². The summed E-state index contributed by atoms with van der Waals surface area (Å²) in [7, 11) is 0. The second-order valence-electron chi connectivity index (χ2n) is 12.9. The molecule has 0 aliphatic heterocycles. The molecule has 4 aliphatic carbocycles. The number of aliphatic hydroxyl groups is 1. The summed E-state index contributed by atoms with van der Waals surface area (Å²) in [4.78, 5) is 36.8. The van der Waals surface area contributed by atoms with E-state index in [1.54, 1.807) is 24.3 Å². The lowest BCUT2D eigenvalue weighted by molar-refractivity contribution is -0.362. The lowest BCUT2D eigenvalue weighted by Gasteiger charge is -2.56. The molecule has 45 heavy (non-hydrogen) atoms. The maximum atomic E-state index is 15.2. The van der Waals surface area contributed by atoms with Gasteiger partial charge >= 0.3 is 18.1 Å². The van der Waals surface area contributed by atoms with Crippen molar-refractivity contribution in [2.24, 2.45) is 17.3 Å². The minimum Gasteiger partial charge on any atom is -0.478 e. The number of benzene rings is 2. The molecule has 0 spiro atoms. The van der Waals surface area contributed by atoms with Gasteiger partial charge in [-0.05, 0) is 97.4 Å². The Morgan fingerprint density at radius 1 is 0.956 bits per heavy atom. The van der Waals surface area contributed by atoms with Gasteiger partial charge in [-0.1, -0.05) is 36.8 Å². The molecule has 2 saturated carbocycles. The monoisotopic (exact) mass is 629 g/mol. The second kappa shape index (κ2) is 10.6. The highest BCUT2D eigenvalue weighted by Gasteiger charge is 2.79. The minimum atomic E-state index is -5.94. The largest absolute Gasteiger partial charge is 0.478 e. The summed E-state index contributed by atoms with van der Waals surface area (Å²) in [6.07, 6.45) is -3.49. The van der Waals surface area contributed by atoms with E-state index in [1.165, 1.54) is 37.3 Å². The Kier molecular flexibility index (Phi) is 7.34. The number of fused-ring (bicyclic) bond motifs is 4. The highest BCUT2D eigenvalue weighted by Crippen LogP contribution is 2.70. The van der Waals surface area contributed by atoms with E-state index in [0.29, 0.717) is 24.8 Å². The van der Waals surface area contributed by atoms with Crippen LogP contribution in [0, 0.1) is 17.3 Å². The van der Waals surface area contributed by atoms with E-state index in [2.05, 4.69) is 5.32 Å². The van der Waals surface area contributed by atoms with Gasteiger partial charge < -0.3 is 15.5 Å². The number of amides is 1. The van der Waals surface area contributed by atoms with Crippen LogP contribution in [0.5, 0.6) is 0 Å². The standard InChI is InChI=1S/C34H32F5NO5/c1-31-17-25(18-6-8-19(9-7-18)29(42)40-27-5-3-2-4-24(27)30(43)44)28-22-13-11-21(41)16-20(22)10-12-23(28)26(31)14-15-32(31,45)33(35,36)34(37,38)39/h2-9,16,23,25-26,45H,10-15,17H2,1H3,(H,40,42)(H,43,44)/t23?,25-,26+,31+,32+/m1/s1. The van der Waals surface area contributed by atoms with Crippen LogP contribution < -0.4 is 5.32 Å². The third kappa shape index (κ3) is 4.73. The van der Waals surface area contributed by atoms with E-state index in [-0.39, 0.29) is 47.8 Å². The van der Waals surface area contributed by atoms with Crippen LogP contribution in [-0.2, 0) is 4.79 Å². The van der Waals surface area contributed by atoms with Crippen molar-refractivity contribution < 1.29 is 46.5 Å². The van der Waals surface area contributed by atoms with Crippen LogP contribution in [0.25, 0.3) is 0 Å². The van der Waals surface area contributed by atoms with Crippen molar-refractivity contribution in [2.45, 2.75) is 75.5 Å². The first-order valence-electron chi connectivity index (χ1n) is 15.0. The maximum Gasteiger partial charge on any atom is 0.456 e. The number of halogens is 5. The number of nitrogens with one attached hydrogen (secondary N) is 1. The van der Waals surface area contributed by atoms with Crippen molar-refractivity contribution >= 4 is 23.3 Å². The van der Waals surface area contributed by atoms with E-state index in [0.717, 1.165) is 16.7 Å². The zero-order chi connectivity index (χ0) is 32.5. The number of anilines is 1. The summed E-state index contributed by atoms with van der Waals surface area (Å²) in [5.74, 6) is -8.76. The molecule has 6 rings (SSSR count). The number of hydrogen-bond acceptors (Lipinski definition) is 4. The van der Waals surface area contributed by atoms with Crippen LogP contribution in [0.3, 0.4) is 0 Å². The first kappa shape index (κ1) is 31.1. The fourth-order valence-electron chi connectivity index (χ4n) is 8.55. The van der Waals surface area contributed by atoms with Crippen LogP contribution in [-0.4, -0.2) is 45.6 Å². The summed E-state index contributed by atoms with van der Waals surface area (Å²) in [6.45, 7) is 1.36. The summed E-state index contributed by atoms with van der Waals surface area (Å²) in [5.41, 5.74) is -1.58. The topological polar surface area (TPSA) is 104 Å². The molecule has 2 fully saturated rings. The average molecular weight is 630 g/mol. The van der Waals surface area contributed by atoms with Crippen LogP contribution in [0.4, 0.5) is 27.6 Å². The third-order valence-electron chi connectivity index (χ3n) is 10.7. The molecule has 238 valence electrons. The van der Waals surface area contributed by atoms with E-state index < -0.39 is 53.2 Å². The van der Waals surface area contributed by atoms with Gasteiger partial charge in [-0.2, -0.15) is 22.0 Å². The molecule has 4 aliphatic rings. The predicted octanol–water partition coefficient (Wildman–Crippen LogP) is 7.47. The molecule has 0 radical (unpaired) electrons. The van der Waals surface area contributed by atoms with Crippen LogP contribution >= 0.6 is 0 Å². The predicted molar refractivity (Wildman–Crippen MR) is 154 cm³/mol. The summed E-state index contributed by atoms with van der Waals surface area (Å²) in [5, 5.41) is 23.4. The zero-order valence-corrected chi connectivity index (χ0v) is 24.4. The highest BCUT2D eigenvalue weighted by molar-refractivity contribution is 6.07. The van der Waals surface area contributed by atoms with Gasteiger partial charge in [0.2, 0.25) is 0 Å². The normalized spacial score (nSPS) is 29.8. The van der Waals surface area contributed by atoms with Crippen LogP contribution in [0.15, 0.2) is 71.3 Å². The van der Waals surface area contributed by atoms with Crippen molar-refractivity contribution in [1.29, 1.82) is 0 Å². The number of carboxylic acids is 1. The Balaban J connectivity index is 1.41. The third-order valence-corrected chi connectivity index (χ3v) is 10.7. The Hall–Kier alpha value is -3.86. The lowest BCUT2D eigenvalue weighted by Crippen LogP contribution is -2.65. The van der Waals surface area contributed by atoms with Crippen molar-refractivity contribution in [1.82, 2.24) is 0 Å². The molecule has 1 unspecified atom stereocenters. The number of carboxylic acid groups (broad SMARTS) is 1.